The molecule has 178 valence electrons. The van der Waals surface area contributed by atoms with Crippen LogP contribution >= 0.6 is 15.9 Å². The molecule has 5 heteroatoms. The summed E-state index contributed by atoms with van der Waals surface area (Å²) >= 11 is 3.44. The second-order valence-electron chi connectivity index (χ2n) is 9.98. The molecule has 2 aliphatic rings. The van der Waals surface area contributed by atoms with E-state index in [1.165, 1.54) is 61.8 Å². The standard InChI is InChI=1S/C29H34BrN3O/c30-24-10-5-21(6-11-24)9-14-29(34)32-25-12-7-22(8-13-25)20-33-17-15-23(16-18-33)27-19-31-28-4-2-1-3-26(27)28/h1-6,9-11,14,19,22-23,25,31H,7-8,12-13,15-18,20H2,(H,32,34)/b14-9+. The number of benzene rings is 2. The van der Waals surface area contributed by atoms with E-state index in [4.69, 9.17) is 0 Å². The van der Waals surface area contributed by atoms with Gasteiger partial charge >= 0.3 is 0 Å². The Morgan fingerprint density at radius 3 is 2.50 bits per heavy atom. The third-order valence-electron chi connectivity index (χ3n) is 7.66. The Hall–Kier alpha value is -2.37. The molecule has 5 rings (SSSR count). The summed E-state index contributed by atoms with van der Waals surface area (Å²) in [6, 6.07) is 17.0. The normalized spacial score (nSPS) is 22.4. The molecule has 0 unspecified atom stereocenters. The maximum absolute atomic E-state index is 12.3. The van der Waals surface area contributed by atoms with Gasteiger partial charge in [0.1, 0.15) is 0 Å². The molecule has 0 spiro atoms. The number of carbonyl (C=O) groups excluding carboxylic acids is 1. The van der Waals surface area contributed by atoms with Crippen LogP contribution < -0.4 is 5.32 Å². The number of likely N-dealkylation sites (tertiary alicyclic amines) is 1. The highest BCUT2D eigenvalue weighted by molar-refractivity contribution is 9.10. The van der Waals surface area contributed by atoms with Gasteiger partial charge in [-0.3, -0.25) is 4.79 Å². The fourth-order valence-corrected chi connectivity index (χ4v) is 5.97. The number of para-hydroxylation sites is 1. The van der Waals surface area contributed by atoms with E-state index in [0.717, 1.165) is 28.8 Å². The highest BCUT2D eigenvalue weighted by Gasteiger charge is 2.27. The van der Waals surface area contributed by atoms with Crippen LogP contribution in [0.5, 0.6) is 0 Å². The van der Waals surface area contributed by atoms with Crippen molar-refractivity contribution in [1.29, 1.82) is 0 Å². The highest BCUT2D eigenvalue weighted by atomic mass is 79.9. The molecule has 1 saturated heterocycles. The van der Waals surface area contributed by atoms with Crippen LogP contribution in [-0.4, -0.2) is 41.5 Å². The molecular formula is C29H34BrN3O. The van der Waals surface area contributed by atoms with Crippen molar-refractivity contribution in [3.05, 3.63) is 76.4 Å². The summed E-state index contributed by atoms with van der Waals surface area (Å²) in [5.41, 5.74) is 3.80. The Labute approximate surface area is 210 Å². The number of hydrogen-bond acceptors (Lipinski definition) is 2. The summed E-state index contributed by atoms with van der Waals surface area (Å²) in [7, 11) is 0. The van der Waals surface area contributed by atoms with Crippen molar-refractivity contribution >= 4 is 38.8 Å². The monoisotopic (exact) mass is 519 g/mol. The van der Waals surface area contributed by atoms with Crippen LogP contribution in [0.3, 0.4) is 0 Å². The maximum atomic E-state index is 12.3. The number of piperidine rings is 1. The van der Waals surface area contributed by atoms with E-state index < -0.39 is 0 Å². The van der Waals surface area contributed by atoms with Crippen LogP contribution in [0.1, 0.15) is 55.6 Å². The van der Waals surface area contributed by atoms with E-state index >= 15 is 0 Å². The molecule has 1 saturated carbocycles. The van der Waals surface area contributed by atoms with Gasteiger partial charge in [0, 0.05) is 40.2 Å². The van der Waals surface area contributed by atoms with Crippen molar-refractivity contribution in [3.63, 3.8) is 0 Å². The van der Waals surface area contributed by atoms with Crippen molar-refractivity contribution in [2.24, 2.45) is 5.92 Å². The summed E-state index contributed by atoms with van der Waals surface area (Å²) in [4.78, 5) is 18.5. The van der Waals surface area contributed by atoms with Gasteiger partial charge in [0.05, 0.1) is 0 Å². The molecule has 1 aliphatic heterocycles. The fourth-order valence-electron chi connectivity index (χ4n) is 5.71. The number of nitrogens with zero attached hydrogens (tertiary/aromatic N) is 1. The minimum Gasteiger partial charge on any atom is -0.361 e. The van der Waals surface area contributed by atoms with Crippen LogP contribution in [0.4, 0.5) is 0 Å². The van der Waals surface area contributed by atoms with Crippen molar-refractivity contribution in [2.45, 2.75) is 50.5 Å². The molecule has 2 fully saturated rings. The van der Waals surface area contributed by atoms with Gasteiger partial charge in [-0.25, -0.2) is 0 Å². The zero-order valence-corrected chi connectivity index (χ0v) is 21.3. The zero-order chi connectivity index (χ0) is 23.3. The van der Waals surface area contributed by atoms with E-state index in [1.54, 1.807) is 6.08 Å². The van der Waals surface area contributed by atoms with E-state index in [1.807, 2.05) is 30.3 Å². The van der Waals surface area contributed by atoms with E-state index in [0.29, 0.717) is 12.0 Å². The van der Waals surface area contributed by atoms with Crippen molar-refractivity contribution in [2.75, 3.05) is 19.6 Å². The Morgan fingerprint density at radius 2 is 1.74 bits per heavy atom. The predicted molar refractivity (Wildman–Crippen MR) is 144 cm³/mol. The smallest absolute Gasteiger partial charge is 0.244 e. The predicted octanol–water partition coefficient (Wildman–Crippen LogP) is 6.50. The lowest BCUT2D eigenvalue weighted by atomic mass is 9.84. The topological polar surface area (TPSA) is 48.1 Å². The zero-order valence-electron chi connectivity index (χ0n) is 19.7. The average molecular weight is 521 g/mol. The largest absolute Gasteiger partial charge is 0.361 e. The van der Waals surface area contributed by atoms with Gasteiger partial charge in [0.25, 0.3) is 0 Å². The summed E-state index contributed by atoms with van der Waals surface area (Å²) in [5, 5.41) is 4.61. The van der Waals surface area contributed by atoms with Gasteiger partial charge < -0.3 is 15.2 Å². The summed E-state index contributed by atoms with van der Waals surface area (Å²) in [5.74, 6) is 1.45. The average Bonchev–Trinajstić information content (AvgIpc) is 3.30. The number of fused-ring (bicyclic) bond motifs is 1. The van der Waals surface area contributed by atoms with Crippen LogP contribution in [0.25, 0.3) is 17.0 Å². The molecule has 0 atom stereocenters. The lowest BCUT2D eigenvalue weighted by molar-refractivity contribution is -0.117. The van der Waals surface area contributed by atoms with Crippen LogP contribution in [0.15, 0.2) is 65.3 Å². The number of amides is 1. The molecule has 4 nitrogen and oxygen atoms in total. The Balaban J connectivity index is 1.03. The second-order valence-corrected chi connectivity index (χ2v) is 10.9. The number of nitrogens with one attached hydrogen (secondary N) is 2. The summed E-state index contributed by atoms with van der Waals surface area (Å²) in [6.45, 7) is 3.61. The molecule has 0 bridgehead atoms. The molecule has 3 aromatic rings. The quantitative estimate of drug-likeness (QED) is 0.365. The third kappa shape index (κ3) is 5.81. The molecular weight excluding hydrogens is 486 g/mol. The molecule has 34 heavy (non-hydrogen) atoms. The Bertz CT molecular complexity index is 1120. The van der Waals surface area contributed by atoms with Crippen LogP contribution in [0.2, 0.25) is 0 Å². The highest BCUT2D eigenvalue weighted by Crippen LogP contribution is 2.34. The molecule has 2 heterocycles. The van der Waals surface area contributed by atoms with Crippen molar-refractivity contribution in [3.8, 4) is 0 Å². The maximum Gasteiger partial charge on any atom is 0.244 e. The van der Waals surface area contributed by atoms with Gasteiger partial charge in [0.15, 0.2) is 0 Å². The first-order valence-corrected chi connectivity index (χ1v) is 13.5. The fraction of sp³-hybridized carbons (Fsp3) is 0.414. The second kappa shape index (κ2) is 10.9. The molecule has 2 N–H and O–H groups in total. The molecule has 1 amide bonds. The number of carbonyl (C=O) groups is 1. The van der Waals surface area contributed by atoms with E-state index in [9.17, 15) is 4.79 Å². The van der Waals surface area contributed by atoms with Crippen LogP contribution in [-0.2, 0) is 4.79 Å². The number of hydrogen-bond donors (Lipinski definition) is 2. The minimum absolute atomic E-state index is 0.0192. The van der Waals surface area contributed by atoms with Gasteiger partial charge in [-0.15, -0.1) is 0 Å². The first-order chi connectivity index (χ1) is 16.6. The number of aromatic nitrogens is 1. The number of H-pyrrole nitrogens is 1. The lowest BCUT2D eigenvalue weighted by Gasteiger charge is -2.36. The Morgan fingerprint density at radius 1 is 1.00 bits per heavy atom. The van der Waals surface area contributed by atoms with Crippen molar-refractivity contribution < 1.29 is 4.79 Å². The van der Waals surface area contributed by atoms with E-state index in [-0.39, 0.29) is 5.91 Å². The molecule has 1 aliphatic carbocycles. The number of rotatable bonds is 6. The first-order valence-electron chi connectivity index (χ1n) is 12.7. The van der Waals surface area contributed by atoms with E-state index in [2.05, 4.69) is 61.6 Å². The van der Waals surface area contributed by atoms with Gasteiger partial charge in [-0.05, 0) is 98.9 Å². The molecule has 0 radical (unpaired) electrons. The van der Waals surface area contributed by atoms with Crippen LogP contribution in [0, 0.1) is 5.92 Å². The van der Waals surface area contributed by atoms with Gasteiger partial charge in [0.2, 0.25) is 5.91 Å². The first kappa shape index (κ1) is 23.4. The van der Waals surface area contributed by atoms with Crippen molar-refractivity contribution in [1.82, 2.24) is 15.2 Å². The lowest BCUT2D eigenvalue weighted by Crippen LogP contribution is -2.41. The molecule has 1 aromatic heterocycles. The van der Waals surface area contributed by atoms with Gasteiger partial charge in [-0.1, -0.05) is 46.3 Å². The SMILES string of the molecule is O=C(/C=C/c1ccc(Br)cc1)NC1CCC(CN2CCC(c3c[nH]c4ccccc34)CC2)CC1. The molecule has 2 aromatic carbocycles. The van der Waals surface area contributed by atoms with Gasteiger partial charge in [-0.2, -0.15) is 0 Å². The number of halogens is 1. The number of aromatic amines is 1. The Kier molecular flexibility index (Phi) is 7.51. The summed E-state index contributed by atoms with van der Waals surface area (Å²) < 4.78 is 1.05. The minimum atomic E-state index is 0.0192. The third-order valence-corrected chi connectivity index (χ3v) is 8.18. The summed E-state index contributed by atoms with van der Waals surface area (Å²) in [6.07, 6.45) is 12.9.